The Labute approximate surface area is 155 Å². The van der Waals surface area contributed by atoms with E-state index in [0.717, 1.165) is 11.3 Å². The van der Waals surface area contributed by atoms with Crippen molar-refractivity contribution in [3.8, 4) is 0 Å². The summed E-state index contributed by atoms with van der Waals surface area (Å²) in [6.45, 7) is 4.47. The van der Waals surface area contributed by atoms with E-state index in [1.165, 1.54) is 16.6 Å². The van der Waals surface area contributed by atoms with Crippen LogP contribution in [0.5, 0.6) is 0 Å². The molecule has 0 bridgehead atoms. The van der Waals surface area contributed by atoms with Gasteiger partial charge >= 0.3 is 0 Å². The number of hydrazone groups is 1. The average Bonchev–Trinajstić information content (AvgIpc) is 2.63. The van der Waals surface area contributed by atoms with Gasteiger partial charge in [0.2, 0.25) is 10.0 Å². The van der Waals surface area contributed by atoms with E-state index >= 15 is 0 Å². The number of hydrogen-bond donors (Lipinski definition) is 1. The Morgan fingerprint density at radius 2 is 1.73 bits per heavy atom. The third kappa shape index (κ3) is 4.80. The Balaban J connectivity index is 2.03. The van der Waals surface area contributed by atoms with Crippen molar-refractivity contribution in [2.45, 2.75) is 18.7 Å². The van der Waals surface area contributed by atoms with Crippen LogP contribution in [0.25, 0.3) is 0 Å². The summed E-state index contributed by atoms with van der Waals surface area (Å²) in [5.74, 6) is 0.477. The molecule has 0 amide bonds. The molecule has 2 rings (SSSR count). The van der Waals surface area contributed by atoms with Gasteiger partial charge in [0.05, 0.1) is 6.21 Å². The molecule has 0 radical (unpaired) electrons. The van der Waals surface area contributed by atoms with Crippen LogP contribution in [0.2, 0.25) is 0 Å². The zero-order valence-electron chi connectivity index (χ0n) is 15.5. The van der Waals surface area contributed by atoms with Crippen LogP contribution >= 0.6 is 0 Å². The first-order valence-corrected chi connectivity index (χ1v) is 9.85. The van der Waals surface area contributed by atoms with Gasteiger partial charge in [-0.1, -0.05) is 26.0 Å². The molecule has 0 aliphatic heterocycles. The third-order valence-electron chi connectivity index (χ3n) is 3.88. The molecule has 0 aliphatic rings. The normalized spacial score (nSPS) is 11.9. The van der Waals surface area contributed by atoms with Crippen LogP contribution < -0.4 is 10.3 Å². The lowest BCUT2D eigenvalue weighted by atomic mass is 10.2. The van der Waals surface area contributed by atoms with Crippen molar-refractivity contribution in [3.05, 3.63) is 48.2 Å². The Morgan fingerprint density at radius 1 is 1.08 bits per heavy atom. The molecule has 1 N–H and O–H groups in total. The fourth-order valence-corrected chi connectivity index (χ4v) is 3.75. The summed E-state index contributed by atoms with van der Waals surface area (Å²) in [6, 6.07) is 11.1. The van der Waals surface area contributed by atoms with Crippen LogP contribution in [0.3, 0.4) is 0 Å². The Hall–Kier alpha value is -2.45. The standard InChI is InChI=1S/C18H25N5O2S/c1-5-23(6-2)26(24,25)17-11-12-18(19-14-17)21-20-13-15-7-9-16(10-8-15)22(3)4/h7-14H,5-6H2,1-4H3,(H,19,21)/b20-13+. The van der Waals surface area contributed by atoms with Crippen LogP contribution in [-0.4, -0.2) is 51.1 Å². The van der Waals surface area contributed by atoms with E-state index < -0.39 is 10.0 Å². The summed E-state index contributed by atoms with van der Waals surface area (Å²) in [7, 11) is 0.481. The highest BCUT2D eigenvalue weighted by Crippen LogP contribution is 2.16. The second kappa shape index (κ2) is 8.77. The van der Waals surface area contributed by atoms with E-state index in [9.17, 15) is 8.42 Å². The molecular formula is C18H25N5O2S. The second-order valence-electron chi connectivity index (χ2n) is 5.82. The summed E-state index contributed by atoms with van der Waals surface area (Å²) >= 11 is 0. The van der Waals surface area contributed by atoms with Gasteiger partial charge in [-0.2, -0.15) is 9.41 Å². The summed E-state index contributed by atoms with van der Waals surface area (Å²) in [5.41, 5.74) is 4.87. The van der Waals surface area contributed by atoms with Crippen molar-refractivity contribution in [2.75, 3.05) is 37.5 Å². The fraction of sp³-hybridized carbons (Fsp3) is 0.333. The smallest absolute Gasteiger partial charge is 0.244 e. The minimum atomic E-state index is -3.49. The lowest BCUT2D eigenvalue weighted by molar-refractivity contribution is 0.445. The van der Waals surface area contributed by atoms with E-state index in [-0.39, 0.29) is 4.90 Å². The fourth-order valence-electron chi connectivity index (χ4n) is 2.34. The largest absolute Gasteiger partial charge is 0.378 e. The number of nitrogens with zero attached hydrogens (tertiary/aromatic N) is 4. The average molecular weight is 375 g/mol. The maximum atomic E-state index is 12.4. The van der Waals surface area contributed by atoms with Crippen molar-refractivity contribution in [1.29, 1.82) is 0 Å². The van der Waals surface area contributed by atoms with Gasteiger partial charge < -0.3 is 4.90 Å². The van der Waals surface area contributed by atoms with Crippen LogP contribution in [0.1, 0.15) is 19.4 Å². The number of benzene rings is 1. The highest BCUT2D eigenvalue weighted by Gasteiger charge is 2.21. The molecule has 140 valence electrons. The van der Waals surface area contributed by atoms with Gasteiger partial charge in [-0.25, -0.2) is 13.4 Å². The minimum absolute atomic E-state index is 0.176. The van der Waals surface area contributed by atoms with Gasteiger partial charge in [0.25, 0.3) is 0 Å². The number of aromatic nitrogens is 1. The Morgan fingerprint density at radius 3 is 2.23 bits per heavy atom. The molecule has 0 saturated heterocycles. The van der Waals surface area contributed by atoms with Crippen LogP contribution in [0.15, 0.2) is 52.6 Å². The molecule has 26 heavy (non-hydrogen) atoms. The molecule has 0 atom stereocenters. The van der Waals surface area contributed by atoms with E-state index in [0.29, 0.717) is 18.9 Å². The first kappa shape index (κ1) is 19.9. The molecule has 7 nitrogen and oxygen atoms in total. The van der Waals surface area contributed by atoms with Crippen LogP contribution in [0, 0.1) is 0 Å². The van der Waals surface area contributed by atoms with E-state index in [2.05, 4.69) is 15.5 Å². The Kier molecular flexibility index (Phi) is 6.70. The van der Waals surface area contributed by atoms with Crippen molar-refractivity contribution >= 4 is 27.7 Å². The van der Waals surface area contributed by atoms with Gasteiger partial charge in [-0.05, 0) is 29.8 Å². The Bertz CT molecular complexity index is 827. The predicted octanol–water partition coefficient (Wildman–Crippen LogP) is 2.62. The van der Waals surface area contributed by atoms with Crippen molar-refractivity contribution < 1.29 is 8.42 Å². The maximum Gasteiger partial charge on any atom is 0.244 e. The highest BCUT2D eigenvalue weighted by atomic mass is 32.2. The number of pyridine rings is 1. The van der Waals surface area contributed by atoms with Gasteiger partial charge in [0, 0.05) is 39.1 Å². The number of sulfonamides is 1. The van der Waals surface area contributed by atoms with Crippen molar-refractivity contribution in [1.82, 2.24) is 9.29 Å². The first-order chi connectivity index (χ1) is 12.4. The molecule has 1 heterocycles. The number of hydrogen-bond acceptors (Lipinski definition) is 6. The van der Waals surface area contributed by atoms with Gasteiger partial charge in [-0.3, -0.25) is 5.43 Å². The highest BCUT2D eigenvalue weighted by molar-refractivity contribution is 7.89. The van der Waals surface area contributed by atoms with Crippen LogP contribution in [0.4, 0.5) is 11.5 Å². The van der Waals surface area contributed by atoms with Crippen molar-refractivity contribution in [3.63, 3.8) is 0 Å². The lowest BCUT2D eigenvalue weighted by Crippen LogP contribution is -2.30. The summed E-state index contributed by atoms with van der Waals surface area (Å²) in [4.78, 5) is 6.33. The summed E-state index contributed by atoms with van der Waals surface area (Å²) < 4.78 is 26.2. The minimum Gasteiger partial charge on any atom is -0.378 e. The SMILES string of the molecule is CCN(CC)S(=O)(=O)c1ccc(N/N=C/c2ccc(N(C)C)cc2)nc1. The monoisotopic (exact) mass is 375 g/mol. The van der Waals surface area contributed by atoms with Gasteiger partial charge in [0.1, 0.15) is 10.7 Å². The zero-order chi connectivity index (χ0) is 19.2. The van der Waals surface area contributed by atoms with E-state index in [1.807, 2.05) is 57.1 Å². The molecule has 8 heteroatoms. The molecule has 0 fully saturated rings. The third-order valence-corrected chi connectivity index (χ3v) is 5.92. The molecule has 1 aromatic heterocycles. The molecular weight excluding hydrogens is 350 g/mol. The molecule has 0 saturated carbocycles. The van der Waals surface area contributed by atoms with Gasteiger partial charge in [0.15, 0.2) is 0 Å². The molecule has 0 unspecified atom stereocenters. The quantitative estimate of drug-likeness (QED) is 0.567. The zero-order valence-corrected chi connectivity index (χ0v) is 16.4. The molecule has 2 aromatic rings. The van der Waals surface area contributed by atoms with Crippen LogP contribution in [-0.2, 0) is 10.0 Å². The number of nitrogens with one attached hydrogen (secondary N) is 1. The molecule has 0 aliphatic carbocycles. The second-order valence-corrected chi connectivity index (χ2v) is 7.76. The lowest BCUT2D eigenvalue weighted by Gasteiger charge is -2.18. The van der Waals surface area contributed by atoms with E-state index in [4.69, 9.17) is 0 Å². The maximum absolute atomic E-state index is 12.4. The summed E-state index contributed by atoms with van der Waals surface area (Å²) in [6.07, 6.45) is 3.03. The number of rotatable bonds is 8. The van der Waals surface area contributed by atoms with Gasteiger partial charge in [-0.15, -0.1) is 0 Å². The number of anilines is 2. The van der Waals surface area contributed by atoms with Crippen molar-refractivity contribution in [2.24, 2.45) is 5.10 Å². The van der Waals surface area contributed by atoms with E-state index in [1.54, 1.807) is 12.3 Å². The molecule has 0 spiro atoms. The summed E-state index contributed by atoms with van der Waals surface area (Å²) in [5, 5.41) is 4.13. The molecule has 1 aromatic carbocycles. The first-order valence-electron chi connectivity index (χ1n) is 8.41. The predicted molar refractivity (Wildman–Crippen MR) is 106 cm³/mol. The topological polar surface area (TPSA) is 77.9 Å².